The van der Waals surface area contributed by atoms with Crippen LogP contribution in [0.15, 0.2) is 291 Å². The molecule has 0 saturated heterocycles. The van der Waals surface area contributed by atoms with E-state index in [9.17, 15) is 0 Å². The van der Waals surface area contributed by atoms with E-state index in [2.05, 4.69) is 389 Å². The molecule has 0 saturated carbocycles. The minimum Gasteiger partial charge on any atom is -0.306 e. The lowest BCUT2D eigenvalue weighted by Crippen LogP contribution is -2.31. The van der Waals surface area contributed by atoms with Crippen LogP contribution in [0.5, 0.6) is 0 Å². The lowest BCUT2D eigenvalue weighted by Gasteiger charge is -2.48. The Morgan fingerprint density at radius 1 is 0.232 bits per heavy atom. The SMILES string of the molecule is CC(C)(C)c1ccc(-c2cc(C(C)(C)C)ccc2N2c3ccc(-c4ccccc4-c4ccccc4)cc3N3c4cc(-c5ccccc5-c5ccccc5)ccc4N(c4ccc(C(C)(C)C)cc4-c4ccc(C(C)(C)C)cc4)c4cc(C5c6ccccc6Cc6ccccc65)cc2c43)cc1. The highest BCUT2D eigenvalue weighted by Gasteiger charge is 2.43. The van der Waals surface area contributed by atoms with Crippen LogP contribution in [0.4, 0.5) is 51.2 Å². The van der Waals surface area contributed by atoms with Gasteiger partial charge in [0.25, 0.3) is 0 Å². The first-order valence-corrected chi connectivity index (χ1v) is 35.5. The summed E-state index contributed by atoms with van der Waals surface area (Å²) < 4.78 is 0. The van der Waals surface area contributed by atoms with Crippen molar-refractivity contribution in [1.82, 2.24) is 0 Å². The summed E-state index contributed by atoms with van der Waals surface area (Å²) in [6.45, 7) is 27.9. The van der Waals surface area contributed by atoms with Gasteiger partial charge < -0.3 is 14.7 Å². The third kappa shape index (κ3) is 11.3. The summed E-state index contributed by atoms with van der Waals surface area (Å²) in [7, 11) is 0. The molecule has 1 aliphatic carbocycles. The second-order valence-electron chi connectivity index (χ2n) is 31.8. The molecule has 99 heavy (non-hydrogen) atoms. The molecule has 2 heterocycles. The highest BCUT2D eigenvalue weighted by atomic mass is 15.3. The van der Waals surface area contributed by atoms with Gasteiger partial charge in [0.05, 0.1) is 51.2 Å². The largest absolute Gasteiger partial charge is 0.306 e. The van der Waals surface area contributed by atoms with E-state index < -0.39 is 0 Å². The molecule has 2 aliphatic heterocycles. The molecule has 16 rings (SSSR count). The van der Waals surface area contributed by atoms with Crippen LogP contribution in [0.3, 0.4) is 0 Å². The normalized spacial score (nSPS) is 13.5. The van der Waals surface area contributed by atoms with Crippen molar-refractivity contribution in [2.24, 2.45) is 0 Å². The zero-order chi connectivity index (χ0) is 68.3. The molecule has 13 aromatic rings. The van der Waals surface area contributed by atoms with Gasteiger partial charge in [0, 0.05) is 17.0 Å². The van der Waals surface area contributed by atoms with Crippen LogP contribution in [-0.4, -0.2) is 0 Å². The van der Waals surface area contributed by atoms with Gasteiger partial charge in [-0.25, -0.2) is 0 Å². The minimum absolute atomic E-state index is 0.0228. The van der Waals surface area contributed by atoms with Gasteiger partial charge in [-0.3, -0.25) is 0 Å². The molecule has 0 bridgehead atoms. The van der Waals surface area contributed by atoms with Crippen LogP contribution < -0.4 is 14.7 Å². The average molecular weight is 1280 g/mol. The Labute approximate surface area is 587 Å². The molecule has 0 amide bonds. The van der Waals surface area contributed by atoms with E-state index in [0.29, 0.717) is 0 Å². The summed E-state index contributed by atoms with van der Waals surface area (Å²) >= 11 is 0. The van der Waals surface area contributed by atoms with Crippen molar-refractivity contribution < 1.29 is 0 Å². The van der Waals surface area contributed by atoms with Crippen molar-refractivity contribution in [2.75, 3.05) is 14.7 Å². The maximum absolute atomic E-state index is 2.67. The Hall–Kier alpha value is -10.7. The highest BCUT2D eigenvalue weighted by molar-refractivity contribution is 6.15. The topological polar surface area (TPSA) is 9.72 Å². The van der Waals surface area contributed by atoms with Crippen LogP contribution >= 0.6 is 0 Å². The first-order valence-electron chi connectivity index (χ1n) is 35.5. The summed E-state index contributed by atoms with van der Waals surface area (Å²) in [4.78, 5) is 7.99. The van der Waals surface area contributed by atoms with Crippen molar-refractivity contribution in [3.05, 3.63) is 341 Å². The molecule has 3 nitrogen and oxygen atoms in total. The summed E-state index contributed by atoms with van der Waals surface area (Å²) in [6.07, 6.45) is 0.883. The fraction of sp³-hybridized carbons (Fsp3) is 0.188. The molecule has 0 radical (unpaired) electrons. The van der Waals surface area contributed by atoms with E-state index in [1.54, 1.807) is 0 Å². The minimum atomic E-state index is -0.133. The van der Waals surface area contributed by atoms with Crippen molar-refractivity contribution in [2.45, 2.75) is 117 Å². The first kappa shape index (κ1) is 63.0. The predicted molar refractivity (Wildman–Crippen MR) is 422 cm³/mol. The molecular formula is C96H87N3. The smallest absolute Gasteiger partial charge is 0.0948 e. The Morgan fingerprint density at radius 3 is 0.929 bits per heavy atom. The van der Waals surface area contributed by atoms with E-state index in [1.165, 1.54) is 106 Å². The number of benzene rings is 13. The zero-order valence-corrected chi connectivity index (χ0v) is 59.3. The fourth-order valence-electron chi connectivity index (χ4n) is 15.7. The molecule has 0 unspecified atom stereocenters. The van der Waals surface area contributed by atoms with Crippen LogP contribution in [0.1, 0.15) is 139 Å². The number of nitrogens with zero attached hydrogens (tertiary/aromatic N) is 3. The Morgan fingerprint density at radius 2 is 0.545 bits per heavy atom. The Bertz CT molecular complexity index is 4930. The molecule has 0 N–H and O–H groups in total. The summed E-state index contributed by atoms with van der Waals surface area (Å²) in [5.74, 6) is -0.0817. The molecule has 0 fully saturated rings. The maximum atomic E-state index is 2.67. The van der Waals surface area contributed by atoms with E-state index in [1.807, 2.05) is 0 Å². The Balaban J connectivity index is 1.07. The average Bonchev–Trinajstić information content (AvgIpc) is 0.689. The first-order chi connectivity index (χ1) is 47.6. The van der Waals surface area contributed by atoms with Gasteiger partial charge in [0.2, 0.25) is 0 Å². The van der Waals surface area contributed by atoms with Gasteiger partial charge in [-0.1, -0.05) is 314 Å². The van der Waals surface area contributed by atoms with E-state index in [-0.39, 0.29) is 27.6 Å². The monoisotopic (exact) mass is 1280 g/mol. The highest BCUT2D eigenvalue weighted by Crippen LogP contribution is 2.67. The lowest BCUT2D eigenvalue weighted by molar-refractivity contribution is 0.589. The van der Waals surface area contributed by atoms with E-state index >= 15 is 0 Å². The number of anilines is 9. The van der Waals surface area contributed by atoms with Gasteiger partial charge in [-0.05, 0) is 194 Å². The molecular weight excluding hydrogens is 1200 g/mol. The molecule has 13 aromatic carbocycles. The van der Waals surface area contributed by atoms with Gasteiger partial charge in [0.15, 0.2) is 0 Å². The summed E-state index contributed by atoms with van der Waals surface area (Å²) in [5.41, 5.74) is 35.5. The second kappa shape index (κ2) is 24.1. The van der Waals surface area contributed by atoms with Crippen molar-refractivity contribution in [1.29, 1.82) is 0 Å². The van der Waals surface area contributed by atoms with Crippen LogP contribution in [0, 0.1) is 0 Å². The molecule has 0 atom stereocenters. The third-order valence-electron chi connectivity index (χ3n) is 21.1. The number of rotatable bonds is 9. The van der Waals surface area contributed by atoms with Crippen LogP contribution in [0.2, 0.25) is 0 Å². The molecule has 0 aromatic heterocycles. The van der Waals surface area contributed by atoms with Gasteiger partial charge >= 0.3 is 0 Å². The van der Waals surface area contributed by atoms with E-state index in [4.69, 9.17) is 0 Å². The fourth-order valence-corrected chi connectivity index (χ4v) is 15.7. The molecule has 486 valence electrons. The Kier molecular flexibility index (Phi) is 15.3. The van der Waals surface area contributed by atoms with Crippen LogP contribution in [0.25, 0.3) is 66.8 Å². The van der Waals surface area contributed by atoms with Gasteiger partial charge in [0.1, 0.15) is 0 Å². The van der Waals surface area contributed by atoms with Gasteiger partial charge in [-0.15, -0.1) is 0 Å². The van der Waals surface area contributed by atoms with Gasteiger partial charge in [-0.2, -0.15) is 0 Å². The lowest BCUT2D eigenvalue weighted by atomic mass is 9.74. The zero-order valence-electron chi connectivity index (χ0n) is 59.3. The number of hydrogen-bond donors (Lipinski definition) is 0. The van der Waals surface area contributed by atoms with E-state index in [0.717, 1.165) is 68.7 Å². The van der Waals surface area contributed by atoms with Crippen molar-refractivity contribution in [3.63, 3.8) is 0 Å². The second-order valence-corrected chi connectivity index (χ2v) is 31.8. The quantitative estimate of drug-likeness (QED) is 0.143. The van der Waals surface area contributed by atoms with Crippen molar-refractivity contribution in [3.8, 4) is 66.8 Å². The van der Waals surface area contributed by atoms with Crippen molar-refractivity contribution >= 4 is 51.2 Å². The number of hydrogen-bond acceptors (Lipinski definition) is 3. The summed E-state index contributed by atoms with van der Waals surface area (Å²) in [6, 6.07) is 112. The van der Waals surface area contributed by atoms with Crippen LogP contribution in [-0.2, 0) is 28.1 Å². The standard InChI is InChI=1S/C96H87N3/c1-93(2,3)71-45-39-64(40-46-71)81-60-73(95(7,8)9)49-53-83(81)97-85-51-43-68(77-35-25-23-33-75(77)62-27-15-13-16-28-62)56-87(85)99-88-57-69(78-36-26-24-34-76(78)63-29-17-14-18-30-63)44-52-86(88)98(84-54-50-74(96(10,11)12)61-82(84)65-41-47-72(48-42-65)94(4,5)6)90-59-70(58-89(97)92(90)99)91-79-37-21-19-31-66(79)55-67-32-20-22-38-80(67)91/h13-54,56-61,91H,55H2,1-12H3. The molecule has 3 aliphatic rings. The third-order valence-corrected chi connectivity index (χ3v) is 21.1. The molecule has 0 spiro atoms. The summed E-state index contributed by atoms with van der Waals surface area (Å²) in [5, 5.41) is 0. The predicted octanol–water partition coefficient (Wildman–Crippen LogP) is 27.0. The maximum Gasteiger partial charge on any atom is 0.0948 e. The number of fused-ring (bicyclic) bond motifs is 6. The molecule has 3 heteroatoms.